The zero-order valence-corrected chi connectivity index (χ0v) is 13.1. The Morgan fingerprint density at radius 2 is 1.06 bits per heavy atom. The maximum absolute atomic E-state index is 3.66. The molecule has 2 fully saturated rings. The number of hydrogen-bond acceptors (Lipinski definition) is 0. The Bertz CT molecular complexity index is 128. The number of allylic oxidation sites excluding steroid dienone is 2. The third-order valence-corrected chi connectivity index (χ3v) is 1.91. The Balaban J connectivity index is 0. The fraction of sp³-hybridized carbons (Fsp3) is 0.188. The van der Waals surface area contributed by atoms with Crippen LogP contribution in [0, 0.1) is 77.2 Å². The van der Waals surface area contributed by atoms with Crippen LogP contribution in [0.3, 0.4) is 0 Å². The molecule has 2 aliphatic carbocycles. The van der Waals surface area contributed by atoms with Crippen LogP contribution in [0.25, 0.3) is 0 Å². The van der Waals surface area contributed by atoms with Crippen molar-refractivity contribution in [2.24, 2.45) is 0 Å². The van der Waals surface area contributed by atoms with Crippen molar-refractivity contribution in [3.8, 4) is 0 Å². The van der Waals surface area contributed by atoms with Gasteiger partial charge >= 0.3 is 26.2 Å². The summed E-state index contributed by atoms with van der Waals surface area (Å²) in [5, 5.41) is 0. The van der Waals surface area contributed by atoms with Gasteiger partial charge in [0.25, 0.3) is 0 Å². The second-order valence-corrected chi connectivity index (χ2v) is 3.20. The van der Waals surface area contributed by atoms with Gasteiger partial charge < -0.3 is 13.0 Å². The van der Waals surface area contributed by atoms with E-state index in [2.05, 4.69) is 13.0 Å². The van der Waals surface area contributed by atoms with E-state index in [1.165, 1.54) is 5.57 Å². The van der Waals surface area contributed by atoms with Gasteiger partial charge in [0.05, 0.1) is 0 Å². The normalized spacial score (nSPS) is 18.4. The van der Waals surface area contributed by atoms with E-state index in [4.69, 9.17) is 0 Å². The first kappa shape index (κ1) is 20.0. The van der Waals surface area contributed by atoms with Crippen LogP contribution in [0.2, 0.25) is 0 Å². The van der Waals surface area contributed by atoms with Crippen molar-refractivity contribution in [2.45, 2.75) is 20.3 Å². The molecule has 1 heteroatoms. The number of hydrogen-bond donors (Lipinski definition) is 0. The summed E-state index contributed by atoms with van der Waals surface area (Å²) in [4.78, 5) is 0. The summed E-state index contributed by atoms with van der Waals surface area (Å²) >= 11 is 0. The molecule has 0 nitrogen and oxygen atoms in total. The first-order valence-electron chi connectivity index (χ1n) is 5.44. The molecule has 0 atom stereocenters. The predicted octanol–water partition coefficient (Wildman–Crippen LogP) is 4.02. The summed E-state index contributed by atoms with van der Waals surface area (Å²) in [7, 11) is 0. The van der Waals surface area contributed by atoms with Gasteiger partial charge in [-0.2, -0.15) is 13.3 Å². The van der Waals surface area contributed by atoms with Crippen LogP contribution in [0.15, 0.2) is 5.57 Å². The first-order valence-corrected chi connectivity index (χ1v) is 5.44. The van der Waals surface area contributed by atoms with Gasteiger partial charge in [0.2, 0.25) is 0 Å². The molecule has 0 heterocycles. The largest absolute Gasteiger partial charge is 4.00 e. The van der Waals surface area contributed by atoms with Crippen molar-refractivity contribution in [3.63, 3.8) is 0 Å². The van der Waals surface area contributed by atoms with Crippen molar-refractivity contribution in [1.82, 2.24) is 0 Å². The smallest absolute Gasteiger partial charge is 0.503 e. The average molecular weight is 304 g/mol. The molecule has 0 aromatic rings. The fourth-order valence-corrected chi connectivity index (χ4v) is 0.767. The molecule has 0 aromatic heterocycles. The first-order chi connectivity index (χ1) is 7.81. The molecular formula is C16H20Zr+2. The van der Waals surface area contributed by atoms with Crippen molar-refractivity contribution < 1.29 is 26.2 Å². The van der Waals surface area contributed by atoms with Crippen LogP contribution in [-0.4, -0.2) is 0 Å². The maximum atomic E-state index is 3.66. The molecule has 0 aliphatic heterocycles. The van der Waals surface area contributed by atoms with Crippen molar-refractivity contribution in [2.75, 3.05) is 0 Å². The van der Waals surface area contributed by atoms with E-state index in [1.54, 1.807) is 0 Å². The van der Waals surface area contributed by atoms with Gasteiger partial charge in [-0.1, -0.05) is 6.92 Å². The molecule has 0 N–H and O–H groups in total. The summed E-state index contributed by atoms with van der Waals surface area (Å²) in [5.74, 6) is 0. The Hall–Kier alpha value is 0.623. The SMILES string of the molecule is [CH2-]CC(C)=[C-]C.[CH]1[CH][CH][CH][CH]1.[CH]1[CH][CH][CH][CH]1.[Zr+4]. The van der Waals surface area contributed by atoms with Crippen molar-refractivity contribution in [3.05, 3.63) is 82.8 Å². The molecule has 2 rings (SSSR count). The number of rotatable bonds is 1. The van der Waals surface area contributed by atoms with Crippen molar-refractivity contribution in [1.29, 1.82) is 0 Å². The van der Waals surface area contributed by atoms with E-state index in [1.807, 2.05) is 78.1 Å². The van der Waals surface area contributed by atoms with E-state index in [9.17, 15) is 0 Å². The molecule has 17 heavy (non-hydrogen) atoms. The standard InChI is InChI=1S/C6H10.2C5H5.Zr/c1-4-6(3)5-2;2*1-2-4-5-3-1;/h1,4H2,2-3H3;2*1-5H;/q-2;;;+4. The van der Waals surface area contributed by atoms with Gasteiger partial charge in [-0.25, -0.2) is 0 Å². The van der Waals surface area contributed by atoms with Crippen LogP contribution in [0.4, 0.5) is 0 Å². The Kier molecular flexibility index (Phi) is 19.5. The third kappa shape index (κ3) is 16.6. The summed E-state index contributed by atoms with van der Waals surface area (Å²) < 4.78 is 0. The molecule has 0 aromatic carbocycles. The molecule has 86 valence electrons. The second kappa shape index (κ2) is 16.6. The zero-order chi connectivity index (χ0) is 12.1. The third-order valence-electron chi connectivity index (χ3n) is 1.91. The van der Waals surface area contributed by atoms with Crippen LogP contribution in [0.1, 0.15) is 20.3 Å². The zero-order valence-electron chi connectivity index (χ0n) is 10.7. The minimum Gasteiger partial charge on any atom is -0.503 e. The van der Waals surface area contributed by atoms with Gasteiger partial charge in [0.1, 0.15) is 0 Å². The summed E-state index contributed by atoms with van der Waals surface area (Å²) in [6, 6.07) is 0. The van der Waals surface area contributed by atoms with Crippen LogP contribution in [0.5, 0.6) is 0 Å². The van der Waals surface area contributed by atoms with Gasteiger partial charge in [-0.3, -0.25) is 5.57 Å². The molecule has 0 amide bonds. The molecule has 0 bridgehead atoms. The van der Waals surface area contributed by atoms with Crippen molar-refractivity contribution >= 4 is 0 Å². The molecule has 2 aliphatic rings. The second-order valence-electron chi connectivity index (χ2n) is 3.20. The van der Waals surface area contributed by atoms with Gasteiger partial charge in [0.15, 0.2) is 0 Å². The predicted molar refractivity (Wildman–Crippen MR) is 71.1 cm³/mol. The summed E-state index contributed by atoms with van der Waals surface area (Å²) in [6.45, 7) is 7.58. The molecule has 2 saturated carbocycles. The van der Waals surface area contributed by atoms with E-state index < -0.39 is 0 Å². The topological polar surface area (TPSA) is 0 Å². The van der Waals surface area contributed by atoms with Crippen LogP contribution in [-0.2, 0) is 26.2 Å². The van der Waals surface area contributed by atoms with Gasteiger partial charge in [-0.15, -0.1) is 0 Å². The molecule has 0 saturated heterocycles. The Labute approximate surface area is 129 Å². The van der Waals surface area contributed by atoms with Crippen LogP contribution < -0.4 is 0 Å². The van der Waals surface area contributed by atoms with E-state index in [0.717, 1.165) is 6.42 Å². The maximum Gasteiger partial charge on any atom is 4.00 e. The molecular weight excluding hydrogens is 283 g/mol. The summed E-state index contributed by atoms with van der Waals surface area (Å²) in [6.07, 6.45) is 23.9. The van der Waals surface area contributed by atoms with Gasteiger partial charge in [-0.05, 0) is 64.2 Å². The van der Waals surface area contributed by atoms with Gasteiger partial charge in [0, 0.05) is 0 Å². The summed E-state index contributed by atoms with van der Waals surface area (Å²) in [5.41, 5.74) is 1.23. The minimum atomic E-state index is 0. The Morgan fingerprint density at radius 1 is 0.824 bits per heavy atom. The monoisotopic (exact) mass is 302 g/mol. The Morgan fingerprint density at radius 3 is 1.12 bits per heavy atom. The van der Waals surface area contributed by atoms with E-state index >= 15 is 0 Å². The average Bonchev–Trinajstić information content (AvgIpc) is 3.03. The molecule has 0 unspecified atom stereocenters. The quantitative estimate of drug-likeness (QED) is 0.642. The molecule has 10 radical (unpaired) electrons. The van der Waals surface area contributed by atoms with Crippen LogP contribution >= 0.6 is 0 Å². The minimum absolute atomic E-state index is 0. The van der Waals surface area contributed by atoms with E-state index in [-0.39, 0.29) is 26.2 Å². The molecule has 0 spiro atoms. The fourth-order valence-electron chi connectivity index (χ4n) is 0.767. The van der Waals surface area contributed by atoms with E-state index in [0.29, 0.717) is 0 Å².